The van der Waals surface area contributed by atoms with Gasteiger partial charge in [0.1, 0.15) is 0 Å². The Morgan fingerprint density at radius 3 is 2.35 bits per heavy atom. The van der Waals surface area contributed by atoms with Crippen molar-refractivity contribution in [3.63, 3.8) is 0 Å². The highest BCUT2D eigenvalue weighted by Crippen LogP contribution is 2.26. The average molecular weight is 239 g/mol. The van der Waals surface area contributed by atoms with Crippen molar-refractivity contribution in [2.45, 2.75) is 37.8 Å². The van der Waals surface area contributed by atoms with E-state index in [4.69, 9.17) is 0 Å². The van der Waals surface area contributed by atoms with E-state index in [2.05, 4.69) is 16.8 Å². The van der Waals surface area contributed by atoms with E-state index >= 15 is 0 Å². The number of hydrogen-bond donors (Lipinski definition) is 0. The molecule has 0 aromatic heterocycles. The lowest BCUT2D eigenvalue weighted by Gasteiger charge is -2.38. The maximum atomic E-state index is 12.1. The standard InChI is InChI=1S/C13H25N3O/c1-14(2)13(17)12-5-4-8-16(12)11-6-9-15(3)10-7-11/h11-12H,4-10H2,1-3H3/t12-/m0/s1. The summed E-state index contributed by atoms with van der Waals surface area (Å²) < 4.78 is 0. The first-order valence-corrected chi connectivity index (χ1v) is 6.75. The highest BCUT2D eigenvalue weighted by Gasteiger charge is 2.36. The van der Waals surface area contributed by atoms with E-state index in [1.807, 2.05) is 14.1 Å². The highest BCUT2D eigenvalue weighted by atomic mass is 16.2. The van der Waals surface area contributed by atoms with Crippen LogP contribution in [0.1, 0.15) is 25.7 Å². The summed E-state index contributed by atoms with van der Waals surface area (Å²) in [5, 5.41) is 0. The molecular weight excluding hydrogens is 214 g/mol. The van der Waals surface area contributed by atoms with Crippen molar-refractivity contribution < 1.29 is 4.79 Å². The minimum absolute atomic E-state index is 0.151. The van der Waals surface area contributed by atoms with Crippen molar-refractivity contribution in [1.29, 1.82) is 0 Å². The lowest BCUT2D eigenvalue weighted by molar-refractivity contribution is -0.134. The van der Waals surface area contributed by atoms with Crippen LogP contribution in [0.5, 0.6) is 0 Å². The fourth-order valence-electron chi connectivity index (χ4n) is 3.12. The zero-order chi connectivity index (χ0) is 12.4. The zero-order valence-corrected chi connectivity index (χ0v) is 11.4. The summed E-state index contributed by atoms with van der Waals surface area (Å²) in [6.45, 7) is 3.45. The molecule has 0 aromatic rings. The fourth-order valence-corrected chi connectivity index (χ4v) is 3.12. The first-order chi connectivity index (χ1) is 8.09. The van der Waals surface area contributed by atoms with Crippen LogP contribution in [0.15, 0.2) is 0 Å². The average Bonchev–Trinajstić information content (AvgIpc) is 2.77. The lowest BCUT2D eigenvalue weighted by Crippen LogP contribution is -2.50. The van der Waals surface area contributed by atoms with Crippen LogP contribution >= 0.6 is 0 Å². The van der Waals surface area contributed by atoms with Gasteiger partial charge in [-0.2, -0.15) is 0 Å². The van der Waals surface area contributed by atoms with Gasteiger partial charge >= 0.3 is 0 Å². The third kappa shape index (κ3) is 2.80. The van der Waals surface area contributed by atoms with Crippen molar-refractivity contribution in [1.82, 2.24) is 14.7 Å². The molecule has 0 bridgehead atoms. The van der Waals surface area contributed by atoms with E-state index in [1.54, 1.807) is 4.90 Å². The summed E-state index contributed by atoms with van der Waals surface area (Å²) in [5.74, 6) is 0.293. The molecule has 0 saturated carbocycles. The predicted molar refractivity (Wildman–Crippen MR) is 68.9 cm³/mol. The second-order valence-corrected chi connectivity index (χ2v) is 5.66. The second-order valence-electron chi connectivity index (χ2n) is 5.66. The van der Waals surface area contributed by atoms with E-state index in [0.717, 1.165) is 13.0 Å². The van der Waals surface area contributed by atoms with E-state index in [0.29, 0.717) is 11.9 Å². The van der Waals surface area contributed by atoms with Gasteiger partial charge in [0.2, 0.25) is 5.91 Å². The summed E-state index contributed by atoms with van der Waals surface area (Å²) in [5.41, 5.74) is 0. The molecule has 2 aliphatic rings. The molecule has 2 aliphatic heterocycles. The first-order valence-electron chi connectivity index (χ1n) is 6.75. The van der Waals surface area contributed by atoms with Crippen LogP contribution < -0.4 is 0 Å². The molecule has 0 unspecified atom stereocenters. The van der Waals surface area contributed by atoms with Crippen LogP contribution in [0.25, 0.3) is 0 Å². The van der Waals surface area contributed by atoms with Crippen molar-refractivity contribution in [2.24, 2.45) is 0 Å². The van der Waals surface area contributed by atoms with Crippen molar-refractivity contribution >= 4 is 5.91 Å². The van der Waals surface area contributed by atoms with Crippen LogP contribution in [0, 0.1) is 0 Å². The summed E-state index contributed by atoms with van der Waals surface area (Å²) in [6, 6.07) is 0.779. The summed E-state index contributed by atoms with van der Waals surface area (Å²) >= 11 is 0. The van der Waals surface area contributed by atoms with Gasteiger partial charge in [0.25, 0.3) is 0 Å². The number of nitrogens with zero attached hydrogens (tertiary/aromatic N) is 3. The molecule has 17 heavy (non-hydrogen) atoms. The van der Waals surface area contributed by atoms with Crippen LogP contribution in [-0.2, 0) is 4.79 Å². The van der Waals surface area contributed by atoms with E-state index in [-0.39, 0.29) is 6.04 Å². The Bertz CT molecular complexity index is 272. The monoisotopic (exact) mass is 239 g/mol. The Morgan fingerprint density at radius 2 is 1.76 bits per heavy atom. The number of rotatable bonds is 2. The van der Waals surface area contributed by atoms with Crippen LogP contribution in [0.2, 0.25) is 0 Å². The van der Waals surface area contributed by atoms with Gasteiger partial charge in [-0.05, 0) is 52.4 Å². The Hall–Kier alpha value is -0.610. The number of piperidine rings is 1. The summed E-state index contributed by atoms with van der Waals surface area (Å²) in [7, 11) is 5.92. The highest BCUT2D eigenvalue weighted by molar-refractivity contribution is 5.81. The molecule has 98 valence electrons. The van der Waals surface area contributed by atoms with Crippen molar-refractivity contribution in [2.75, 3.05) is 40.8 Å². The Morgan fingerprint density at radius 1 is 1.12 bits per heavy atom. The van der Waals surface area contributed by atoms with E-state index < -0.39 is 0 Å². The van der Waals surface area contributed by atoms with Crippen LogP contribution in [-0.4, -0.2) is 73.5 Å². The Kier molecular flexibility index (Phi) is 4.05. The summed E-state index contributed by atoms with van der Waals surface area (Å²) in [6.07, 6.45) is 4.65. The number of hydrogen-bond acceptors (Lipinski definition) is 3. The number of likely N-dealkylation sites (N-methyl/N-ethyl adjacent to an activating group) is 1. The smallest absolute Gasteiger partial charge is 0.239 e. The van der Waals surface area contributed by atoms with E-state index in [9.17, 15) is 4.79 Å². The van der Waals surface area contributed by atoms with Gasteiger partial charge in [-0.1, -0.05) is 0 Å². The van der Waals surface area contributed by atoms with Gasteiger partial charge in [0.05, 0.1) is 6.04 Å². The molecule has 0 N–H and O–H groups in total. The minimum Gasteiger partial charge on any atom is -0.347 e. The van der Waals surface area contributed by atoms with Gasteiger partial charge < -0.3 is 9.80 Å². The molecule has 4 nitrogen and oxygen atoms in total. The van der Waals surface area contributed by atoms with Gasteiger partial charge in [0, 0.05) is 20.1 Å². The Balaban J connectivity index is 1.97. The predicted octanol–water partition coefficient (Wildman–Crippen LogP) is 0.633. The quantitative estimate of drug-likeness (QED) is 0.707. The van der Waals surface area contributed by atoms with Crippen LogP contribution in [0.4, 0.5) is 0 Å². The van der Waals surface area contributed by atoms with E-state index in [1.165, 1.54) is 32.4 Å². The molecule has 2 fully saturated rings. The van der Waals surface area contributed by atoms with Gasteiger partial charge in [0.15, 0.2) is 0 Å². The molecule has 0 radical (unpaired) electrons. The zero-order valence-electron chi connectivity index (χ0n) is 11.4. The third-order valence-corrected chi connectivity index (χ3v) is 4.18. The topological polar surface area (TPSA) is 26.8 Å². The minimum atomic E-state index is 0.151. The van der Waals surface area contributed by atoms with Gasteiger partial charge in [-0.25, -0.2) is 0 Å². The summed E-state index contributed by atoms with van der Waals surface area (Å²) in [4.78, 5) is 18.7. The molecule has 1 amide bonds. The fraction of sp³-hybridized carbons (Fsp3) is 0.923. The largest absolute Gasteiger partial charge is 0.347 e. The molecule has 0 spiro atoms. The van der Waals surface area contributed by atoms with Gasteiger partial charge in [-0.3, -0.25) is 9.69 Å². The molecule has 0 aromatic carbocycles. The Labute approximate surface area is 105 Å². The van der Waals surface area contributed by atoms with Gasteiger partial charge in [-0.15, -0.1) is 0 Å². The number of amides is 1. The molecule has 4 heteroatoms. The van der Waals surface area contributed by atoms with Crippen molar-refractivity contribution in [3.05, 3.63) is 0 Å². The molecule has 1 atom stereocenters. The molecule has 0 aliphatic carbocycles. The maximum Gasteiger partial charge on any atom is 0.239 e. The molecular formula is C13H25N3O. The number of likely N-dealkylation sites (tertiary alicyclic amines) is 2. The first kappa shape index (κ1) is 12.8. The maximum absolute atomic E-state index is 12.1. The molecule has 2 heterocycles. The number of carbonyl (C=O) groups is 1. The second kappa shape index (κ2) is 5.36. The lowest BCUT2D eigenvalue weighted by atomic mass is 10.0. The molecule has 2 rings (SSSR count). The molecule has 2 saturated heterocycles. The van der Waals surface area contributed by atoms with Crippen molar-refractivity contribution in [3.8, 4) is 0 Å². The third-order valence-electron chi connectivity index (χ3n) is 4.18. The van der Waals surface area contributed by atoms with Crippen LogP contribution in [0.3, 0.4) is 0 Å². The SMILES string of the molecule is CN1CCC(N2CCC[C@H]2C(=O)N(C)C)CC1. The normalized spacial score (nSPS) is 28.5. The number of carbonyl (C=O) groups excluding carboxylic acids is 1.